The second-order valence-electron chi connectivity index (χ2n) is 6.22. The minimum atomic E-state index is -4.19. The number of carbonyl (C=O) groups is 2. The lowest BCUT2D eigenvalue weighted by atomic mass is 9.85. The Hall–Kier alpha value is -1.47. The molecule has 0 bridgehead atoms. The van der Waals surface area contributed by atoms with Gasteiger partial charge in [-0.1, -0.05) is 6.42 Å². The molecule has 1 aliphatic heterocycles. The van der Waals surface area contributed by atoms with Gasteiger partial charge in [-0.2, -0.15) is 13.2 Å². The molecule has 1 aliphatic carbocycles. The van der Waals surface area contributed by atoms with Gasteiger partial charge < -0.3 is 16.0 Å². The van der Waals surface area contributed by atoms with Crippen LogP contribution in [0.1, 0.15) is 38.5 Å². The molecule has 1 saturated carbocycles. The molecule has 0 spiro atoms. The van der Waals surface area contributed by atoms with Crippen molar-refractivity contribution >= 4 is 11.9 Å². The van der Waals surface area contributed by atoms with Crippen molar-refractivity contribution in [2.45, 2.75) is 50.7 Å². The molecular weight excluding hydrogens is 299 g/mol. The van der Waals surface area contributed by atoms with Crippen LogP contribution in [0.25, 0.3) is 0 Å². The number of nitrogens with zero attached hydrogens (tertiary/aromatic N) is 1. The molecule has 0 aromatic heterocycles. The molecule has 1 saturated heterocycles. The van der Waals surface area contributed by atoms with Gasteiger partial charge in [-0.3, -0.25) is 4.79 Å². The molecule has 2 rings (SSSR count). The molecule has 2 fully saturated rings. The van der Waals surface area contributed by atoms with Gasteiger partial charge >= 0.3 is 12.2 Å². The molecule has 0 radical (unpaired) electrons. The van der Waals surface area contributed by atoms with Crippen molar-refractivity contribution < 1.29 is 22.8 Å². The van der Waals surface area contributed by atoms with Crippen LogP contribution in [0.3, 0.4) is 0 Å². The lowest BCUT2D eigenvalue weighted by Gasteiger charge is -2.35. The molecular formula is C14H22F3N3O2. The number of halogens is 3. The molecule has 3 amide bonds. The van der Waals surface area contributed by atoms with Gasteiger partial charge in [-0.15, -0.1) is 0 Å². The minimum Gasteiger partial charge on any atom is -0.369 e. The Morgan fingerprint density at radius 2 is 1.73 bits per heavy atom. The highest BCUT2D eigenvalue weighted by atomic mass is 19.4. The fourth-order valence-electron chi connectivity index (χ4n) is 3.25. The highest BCUT2D eigenvalue weighted by Crippen LogP contribution is 2.37. The summed E-state index contributed by atoms with van der Waals surface area (Å²) in [6.45, 7) is 0.823. The van der Waals surface area contributed by atoms with E-state index in [1.54, 1.807) is 4.90 Å². The molecule has 0 aromatic carbocycles. The summed E-state index contributed by atoms with van der Waals surface area (Å²) in [5, 5.41) is 2.71. The van der Waals surface area contributed by atoms with E-state index in [2.05, 4.69) is 5.32 Å². The lowest BCUT2D eigenvalue weighted by Crippen LogP contribution is -2.50. The Morgan fingerprint density at radius 1 is 1.09 bits per heavy atom. The first-order chi connectivity index (χ1) is 10.3. The monoisotopic (exact) mass is 321 g/mol. The highest BCUT2D eigenvalue weighted by Gasteiger charge is 2.42. The Morgan fingerprint density at radius 3 is 2.27 bits per heavy atom. The average Bonchev–Trinajstić information content (AvgIpc) is 2.46. The van der Waals surface area contributed by atoms with E-state index in [0.29, 0.717) is 38.8 Å². The quantitative estimate of drug-likeness (QED) is 0.816. The predicted molar refractivity (Wildman–Crippen MR) is 73.8 cm³/mol. The van der Waals surface area contributed by atoms with Gasteiger partial charge in [-0.25, -0.2) is 4.79 Å². The molecule has 3 N–H and O–H groups in total. The number of rotatable bonds is 2. The summed E-state index contributed by atoms with van der Waals surface area (Å²) in [6, 6.07) is -0.766. The van der Waals surface area contributed by atoms with Crippen molar-refractivity contribution in [3.05, 3.63) is 0 Å². The topological polar surface area (TPSA) is 75.4 Å². The van der Waals surface area contributed by atoms with Crippen molar-refractivity contribution in [2.24, 2.45) is 17.6 Å². The summed E-state index contributed by atoms with van der Waals surface area (Å²) < 4.78 is 38.3. The summed E-state index contributed by atoms with van der Waals surface area (Å²) in [5.74, 6) is -1.90. The fourth-order valence-corrected chi connectivity index (χ4v) is 3.25. The summed E-state index contributed by atoms with van der Waals surface area (Å²) in [7, 11) is 0. The van der Waals surface area contributed by atoms with Crippen molar-refractivity contribution in [1.82, 2.24) is 10.2 Å². The van der Waals surface area contributed by atoms with Gasteiger partial charge in [0.15, 0.2) is 0 Å². The maximum absolute atomic E-state index is 12.8. The van der Waals surface area contributed by atoms with Crippen LogP contribution in [0.5, 0.6) is 0 Å². The standard InChI is InChI=1S/C14H22F3N3O2/c15-14(16,17)10-2-1-3-11(8-10)19-13(22)20-6-4-9(5-7-20)12(18)21/h9-11H,1-8H2,(H2,18,21)(H,19,22)/t10-,11+/m0/s1. The number of primary amides is 1. The van der Waals surface area contributed by atoms with Crippen molar-refractivity contribution in [2.75, 3.05) is 13.1 Å². The number of nitrogens with one attached hydrogen (secondary N) is 1. The number of piperidine rings is 1. The van der Waals surface area contributed by atoms with E-state index in [4.69, 9.17) is 5.73 Å². The third kappa shape index (κ3) is 4.27. The predicted octanol–water partition coefficient (Wildman–Crippen LogP) is 2.01. The van der Waals surface area contributed by atoms with Crippen LogP contribution in [0.15, 0.2) is 0 Å². The Bertz CT molecular complexity index is 420. The lowest BCUT2D eigenvalue weighted by molar-refractivity contribution is -0.183. The number of carbonyl (C=O) groups excluding carboxylic acids is 2. The van der Waals surface area contributed by atoms with E-state index in [0.717, 1.165) is 0 Å². The number of nitrogens with two attached hydrogens (primary N) is 1. The SMILES string of the molecule is NC(=O)C1CCN(C(=O)N[C@@H]2CCC[C@H](C(F)(F)F)C2)CC1. The Balaban J connectivity index is 1.81. The van der Waals surface area contributed by atoms with Crippen LogP contribution in [0, 0.1) is 11.8 Å². The third-order valence-electron chi connectivity index (χ3n) is 4.65. The van der Waals surface area contributed by atoms with Gasteiger partial charge in [0, 0.05) is 25.0 Å². The van der Waals surface area contributed by atoms with Crippen LogP contribution in [0.4, 0.5) is 18.0 Å². The number of urea groups is 1. The summed E-state index contributed by atoms with van der Waals surface area (Å²) in [5.41, 5.74) is 5.23. The van der Waals surface area contributed by atoms with E-state index in [-0.39, 0.29) is 30.7 Å². The summed E-state index contributed by atoms with van der Waals surface area (Å²) >= 11 is 0. The number of amides is 3. The number of hydrogen-bond donors (Lipinski definition) is 2. The smallest absolute Gasteiger partial charge is 0.369 e. The molecule has 22 heavy (non-hydrogen) atoms. The summed E-state index contributed by atoms with van der Waals surface area (Å²) in [4.78, 5) is 24.7. The average molecular weight is 321 g/mol. The molecule has 2 atom stereocenters. The zero-order chi connectivity index (χ0) is 16.3. The number of alkyl halides is 3. The van der Waals surface area contributed by atoms with Gasteiger partial charge in [0.25, 0.3) is 0 Å². The first kappa shape index (κ1) is 16.9. The Labute approximate surface area is 127 Å². The molecule has 5 nitrogen and oxygen atoms in total. The van der Waals surface area contributed by atoms with Crippen LogP contribution in [-0.2, 0) is 4.79 Å². The molecule has 1 heterocycles. The molecule has 0 unspecified atom stereocenters. The van der Waals surface area contributed by atoms with E-state index < -0.39 is 18.1 Å². The van der Waals surface area contributed by atoms with Crippen LogP contribution in [-0.4, -0.2) is 42.1 Å². The zero-order valence-corrected chi connectivity index (χ0v) is 12.4. The molecule has 126 valence electrons. The normalized spacial score (nSPS) is 27.5. The second kappa shape index (κ2) is 6.75. The largest absolute Gasteiger partial charge is 0.391 e. The molecule has 0 aromatic rings. The minimum absolute atomic E-state index is 0.0486. The van der Waals surface area contributed by atoms with Gasteiger partial charge in [0.05, 0.1) is 5.92 Å². The van der Waals surface area contributed by atoms with E-state index in [9.17, 15) is 22.8 Å². The fraction of sp³-hybridized carbons (Fsp3) is 0.857. The molecule has 8 heteroatoms. The second-order valence-corrected chi connectivity index (χ2v) is 6.22. The van der Waals surface area contributed by atoms with Crippen LogP contribution >= 0.6 is 0 Å². The number of hydrogen-bond acceptors (Lipinski definition) is 2. The molecule has 2 aliphatic rings. The first-order valence-corrected chi connectivity index (χ1v) is 7.69. The van der Waals surface area contributed by atoms with Gasteiger partial charge in [0.1, 0.15) is 0 Å². The van der Waals surface area contributed by atoms with Crippen molar-refractivity contribution in [3.8, 4) is 0 Å². The Kier molecular flexibility index (Phi) is 5.18. The highest BCUT2D eigenvalue weighted by molar-refractivity contribution is 5.78. The number of likely N-dealkylation sites (tertiary alicyclic amines) is 1. The first-order valence-electron chi connectivity index (χ1n) is 7.69. The maximum atomic E-state index is 12.8. The van der Waals surface area contributed by atoms with Crippen molar-refractivity contribution in [3.63, 3.8) is 0 Å². The van der Waals surface area contributed by atoms with Crippen molar-refractivity contribution in [1.29, 1.82) is 0 Å². The van der Waals surface area contributed by atoms with Gasteiger partial charge in [-0.05, 0) is 32.1 Å². The zero-order valence-electron chi connectivity index (χ0n) is 12.4. The van der Waals surface area contributed by atoms with E-state index in [1.807, 2.05) is 0 Å². The van der Waals surface area contributed by atoms with E-state index >= 15 is 0 Å². The van der Waals surface area contributed by atoms with Gasteiger partial charge in [0.2, 0.25) is 5.91 Å². The summed E-state index contributed by atoms with van der Waals surface area (Å²) in [6.07, 6.45) is -2.03. The van der Waals surface area contributed by atoms with E-state index in [1.165, 1.54) is 0 Å². The van der Waals surface area contributed by atoms with Crippen LogP contribution in [0.2, 0.25) is 0 Å². The maximum Gasteiger partial charge on any atom is 0.391 e. The van der Waals surface area contributed by atoms with Crippen LogP contribution < -0.4 is 11.1 Å². The third-order valence-corrected chi connectivity index (χ3v) is 4.65.